The summed E-state index contributed by atoms with van der Waals surface area (Å²) in [4.78, 5) is 35.6. The standard InChI is InChI=1S/C24H26N4O2/c29-23-21(19-15-26-20-10-5-4-9-18(19)20)22(17-7-2-1-3-8-17)28(24(23)30)13-6-12-27-14-11-25-16-27/h4-5,7,9-11,14-16,21-22,26H,1-3,6,8,12-13H2. The number of aryl methyl sites for hydroxylation is 1. The number of allylic oxidation sites excluding steroid dienone is 1. The minimum atomic E-state index is -0.439. The molecule has 1 aromatic carbocycles. The molecule has 2 atom stereocenters. The maximum atomic E-state index is 13.3. The molecule has 3 heterocycles. The van der Waals surface area contributed by atoms with E-state index in [1.165, 1.54) is 12.0 Å². The van der Waals surface area contributed by atoms with Crippen molar-refractivity contribution in [3.8, 4) is 0 Å². The molecular weight excluding hydrogens is 376 g/mol. The van der Waals surface area contributed by atoms with Gasteiger partial charge in [0.15, 0.2) is 0 Å². The van der Waals surface area contributed by atoms with E-state index < -0.39 is 5.92 Å². The first-order valence-corrected chi connectivity index (χ1v) is 10.8. The van der Waals surface area contributed by atoms with Crippen LogP contribution in [0.25, 0.3) is 10.9 Å². The highest BCUT2D eigenvalue weighted by Crippen LogP contribution is 2.41. The quantitative estimate of drug-likeness (QED) is 0.503. The number of ketones is 1. The number of nitrogens with zero attached hydrogens (tertiary/aromatic N) is 3. The van der Waals surface area contributed by atoms with Crippen LogP contribution >= 0.6 is 0 Å². The van der Waals surface area contributed by atoms with Gasteiger partial charge in [0.1, 0.15) is 0 Å². The van der Waals surface area contributed by atoms with Crippen LogP contribution in [0.3, 0.4) is 0 Å². The van der Waals surface area contributed by atoms with E-state index in [1.807, 2.05) is 46.1 Å². The summed E-state index contributed by atoms with van der Waals surface area (Å²) in [5.74, 6) is -1.06. The largest absolute Gasteiger partial charge is 0.361 e. The molecule has 30 heavy (non-hydrogen) atoms. The van der Waals surface area contributed by atoms with Crippen molar-refractivity contribution in [3.05, 3.63) is 66.4 Å². The Labute approximate surface area is 175 Å². The van der Waals surface area contributed by atoms with Crippen LogP contribution in [0.2, 0.25) is 0 Å². The van der Waals surface area contributed by atoms with Gasteiger partial charge >= 0.3 is 0 Å². The van der Waals surface area contributed by atoms with Gasteiger partial charge in [-0.05, 0) is 43.7 Å². The van der Waals surface area contributed by atoms with E-state index in [-0.39, 0.29) is 17.7 Å². The predicted octanol–water partition coefficient (Wildman–Crippen LogP) is 3.82. The number of hydrogen-bond acceptors (Lipinski definition) is 3. The van der Waals surface area contributed by atoms with Gasteiger partial charge in [0, 0.05) is 42.6 Å². The molecule has 0 spiro atoms. The number of hydrogen-bond donors (Lipinski definition) is 1. The molecule has 2 aromatic heterocycles. The number of fused-ring (bicyclic) bond motifs is 1. The predicted molar refractivity (Wildman–Crippen MR) is 115 cm³/mol. The summed E-state index contributed by atoms with van der Waals surface area (Å²) >= 11 is 0. The first kappa shape index (κ1) is 18.9. The van der Waals surface area contributed by atoms with Crippen LogP contribution in [0.4, 0.5) is 0 Å². The average molecular weight is 402 g/mol. The van der Waals surface area contributed by atoms with Gasteiger partial charge in [0.2, 0.25) is 5.78 Å². The van der Waals surface area contributed by atoms with Crippen LogP contribution in [0.5, 0.6) is 0 Å². The van der Waals surface area contributed by atoms with Gasteiger partial charge in [0.25, 0.3) is 5.91 Å². The summed E-state index contributed by atoms with van der Waals surface area (Å²) in [7, 11) is 0. The Morgan fingerprint density at radius 3 is 2.83 bits per heavy atom. The third kappa shape index (κ3) is 3.26. The van der Waals surface area contributed by atoms with E-state index in [0.717, 1.165) is 48.7 Å². The average Bonchev–Trinajstić information content (AvgIpc) is 3.50. The van der Waals surface area contributed by atoms with Gasteiger partial charge in [-0.15, -0.1) is 0 Å². The van der Waals surface area contributed by atoms with Crippen molar-refractivity contribution in [1.29, 1.82) is 0 Å². The molecular formula is C24H26N4O2. The molecule has 1 amide bonds. The maximum Gasteiger partial charge on any atom is 0.291 e. The third-order valence-corrected chi connectivity index (χ3v) is 6.44. The molecule has 1 N–H and O–H groups in total. The molecule has 0 saturated carbocycles. The number of para-hydroxylation sites is 1. The topological polar surface area (TPSA) is 71.0 Å². The first-order valence-electron chi connectivity index (χ1n) is 10.8. The van der Waals surface area contributed by atoms with Crippen molar-refractivity contribution in [1.82, 2.24) is 19.4 Å². The number of rotatable bonds is 6. The second kappa shape index (κ2) is 7.94. The highest BCUT2D eigenvalue weighted by Gasteiger charge is 2.49. The van der Waals surface area contributed by atoms with Crippen molar-refractivity contribution < 1.29 is 9.59 Å². The Morgan fingerprint density at radius 1 is 1.13 bits per heavy atom. The lowest BCUT2D eigenvalue weighted by Crippen LogP contribution is -2.38. The zero-order valence-corrected chi connectivity index (χ0v) is 17.0. The third-order valence-electron chi connectivity index (χ3n) is 6.44. The minimum absolute atomic E-state index is 0.174. The van der Waals surface area contributed by atoms with Crippen LogP contribution in [-0.4, -0.2) is 43.7 Å². The number of aromatic nitrogens is 3. The molecule has 1 saturated heterocycles. The molecule has 1 fully saturated rings. The number of carbonyl (C=O) groups excluding carboxylic acids is 2. The van der Waals surface area contributed by atoms with Gasteiger partial charge in [0.05, 0.1) is 18.3 Å². The number of aromatic amines is 1. The lowest BCUT2D eigenvalue weighted by Gasteiger charge is -2.31. The minimum Gasteiger partial charge on any atom is -0.361 e. The number of imidazole rings is 1. The summed E-state index contributed by atoms with van der Waals surface area (Å²) in [6.45, 7) is 1.35. The number of benzene rings is 1. The van der Waals surface area contributed by atoms with Gasteiger partial charge in [-0.3, -0.25) is 9.59 Å². The first-order chi connectivity index (χ1) is 14.7. The van der Waals surface area contributed by atoms with Crippen molar-refractivity contribution >= 4 is 22.6 Å². The van der Waals surface area contributed by atoms with E-state index in [2.05, 4.69) is 16.0 Å². The Kier molecular flexibility index (Phi) is 4.99. The van der Waals surface area contributed by atoms with Gasteiger partial charge in [-0.2, -0.15) is 0 Å². The molecule has 2 aliphatic rings. The zero-order valence-electron chi connectivity index (χ0n) is 17.0. The summed E-state index contributed by atoms with van der Waals surface area (Å²) < 4.78 is 2.01. The summed E-state index contributed by atoms with van der Waals surface area (Å²) in [6, 6.07) is 7.84. The van der Waals surface area contributed by atoms with E-state index in [4.69, 9.17) is 0 Å². The molecule has 0 bridgehead atoms. The molecule has 5 rings (SSSR count). The summed E-state index contributed by atoms with van der Waals surface area (Å²) in [5.41, 5.74) is 3.19. The van der Waals surface area contributed by atoms with Crippen molar-refractivity contribution in [3.63, 3.8) is 0 Å². The Morgan fingerprint density at radius 2 is 2.03 bits per heavy atom. The van der Waals surface area contributed by atoms with E-state index in [9.17, 15) is 9.59 Å². The Balaban J connectivity index is 1.49. The SMILES string of the molecule is O=C1C(=O)N(CCCn2ccnc2)C(C2=CCCCC2)C1c1c[nH]c2ccccc12. The van der Waals surface area contributed by atoms with Crippen molar-refractivity contribution in [2.24, 2.45) is 0 Å². The lowest BCUT2D eigenvalue weighted by molar-refractivity contribution is -0.140. The molecule has 154 valence electrons. The van der Waals surface area contributed by atoms with E-state index >= 15 is 0 Å². The number of nitrogens with one attached hydrogen (secondary N) is 1. The van der Waals surface area contributed by atoms with Crippen LogP contribution in [0.1, 0.15) is 43.6 Å². The zero-order chi connectivity index (χ0) is 20.5. The number of likely N-dealkylation sites (tertiary alicyclic amines) is 1. The second-order valence-corrected chi connectivity index (χ2v) is 8.25. The second-order valence-electron chi connectivity index (χ2n) is 8.25. The molecule has 2 unspecified atom stereocenters. The van der Waals surface area contributed by atoms with Gasteiger partial charge in [-0.1, -0.05) is 29.8 Å². The number of H-pyrrole nitrogens is 1. The monoisotopic (exact) mass is 402 g/mol. The van der Waals surface area contributed by atoms with Gasteiger partial charge in [-0.25, -0.2) is 4.98 Å². The molecule has 1 aliphatic heterocycles. The fourth-order valence-electron chi connectivity index (χ4n) is 5.02. The number of carbonyl (C=O) groups is 2. The highest BCUT2D eigenvalue weighted by atomic mass is 16.2. The van der Waals surface area contributed by atoms with Crippen LogP contribution < -0.4 is 0 Å². The summed E-state index contributed by atoms with van der Waals surface area (Å²) in [6.07, 6.45) is 14.7. The summed E-state index contributed by atoms with van der Waals surface area (Å²) in [5, 5.41) is 1.03. The Bertz CT molecular complexity index is 1100. The molecule has 1 aliphatic carbocycles. The van der Waals surface area contributed by atoms with E-state index in [0.29, 0.717) is 6.54 Å². The normalized spacial score (nSPS) is 22.1. The maximum absolute atomic E-state index is 13.3. The van der Waals surface area contributed by atoms with Crippen LogP contribution in [0.15, 0.2) is 60.8 Å². The van der Waals surface area contributed by atoms with Crippen molar-refractivity contribution in [2.45, 2.75) is 50.6 Å². The fraction of sp³-hybridized carbons (Fsp3) is 0.375. The molecule has 6 heteroatoms. The lowest BCUT2D eigenvalue weighted by atomic mass is 9.82. The molecule has 0 radical (unpaired) electrons. The Hall–Kier alpha value is -3.15. The van der Waals surface area contributed by atoms with Crippen LogP contribution in [-0.2, 0) is 16.1 Å². The molecule has 6 nitrogen and oxygen atoms in total. The van der Waals surface area contributed by atoms with Crippen LogP contribution in [0, 0.1) is 0 Å². The van der Waals surface area contributed by atoms with Gasteiger partial charge < -0.3 is 14.5 Å². The van der Waals surface area contributed by atoms with Crippen molar-refractivity contribution in [2.75, 3.05) is 6.54 Å². The number of amides is 1. The van der Waals surface area contributed by atoms with E-state index in [1.54, 1.807) is 12.5 Å². The fourth-order valence-corrected chi connectivity index (χ4v) is 5.02. The number of Topliss-reactive ketones (excluding diaryl/α,β-unsaturated/α-hetero) is 1. The highest BCUT2D eigenvalue weighted by molar-refractivity contribution is 6.41. The molecule has 3 aromatic rings. The smallest absolute Gasteiger partial charge is 0.291 e.